The van der Waals surface area contributed by atoms with Crippen LogP contribution in [0.1, 0.15) is 24.8 Å². The molecule has 0 bridgehead atoms. The monoisotopic (exact) mass is 310 g/mol. The maximum absolute atomic E-state index is 6.34. The fraction of sp³-hybridized carbons (Fsp3) is 0.625. The average Bonchev–Trinajstić information content (AvgIpc) is 2.82. The second kappa shape index (κ2) is 6.86. The second-order valence-electron chi connectivity index (χ2n) is 5.95. The molecule has 0 saturated carbocycles. The minimum Gasteiger partial charge on any atom is -0.489 e. The molecule has 1 N–H and O–H groups in total. The molecule has 21 heavy (non-hydrogen) atoms. The Labute approximate surface area is 131 Å². The van der Waals surface area contributed by atoms with Gasteiger partial charge in [0.25, 0.3) is 0 Å². The third-order valence-corrected chi connectivity index (χ3v) is 4.29. The number of hydrogen-bond acceptors (Lipinski definition) is 4. The van der Waals surface area contributed by atoms with Gasteiger partial charge in [-0.2, -0.15) is 0 Å². The van der Waals surface area contributed by atoms with E-state index in [1.54, 1.807) is 0 Å². The quantitative estimate of drug-likeness (QED) is 0.927. The summed E-state index contributed by atoms with van der Waals surface area (Å²) in [6.07, 6.45) is 3.45. The lowest BCUT2D eigenvalue weighted by Gasteiger charge is -2.22. The van der Waals surface area contributed by atoms with Crippen LogP contribution in [0.5, 0.6) is 11.5 Å². The zero-order valence-corrected chi connectivity index (χ0v) is 13.3. The van der Waals surface area contributed by atoms with E-state index >= 15 is 0 Å². The van der Waals surface area contributed by atoms with Gasteiger partial charge in [-0.25, -0.2) is 0 Å². The highest BCUT2D eigenvalue weighted by Crippen LogP contribution is 2.38. The molecule has 5 heteroatoms. The van der Waals surface area contributed by atoms with Crippen molar-refractivity contribution in [2.45, 2.75) is 31.8 Å². The third kappa shape index (κ3) is 3.82. The van der Waals surface area contributed by atoms with E-state index in [1.807, 2.05) is 6.07 Å². The molecule has 0 amide bonds. The minimum absolute atomic E-state index is 0.617. The zero-order valence-electron chi connectivity index (χ0n) is 12.5. The largest absolute Gasteiger partial charge is 0.489 e. The van der Waals surface area contributed by atoms with Crippen LogP contribution in [0.3, 0.4) is 0 Å². The molecular formula is C16H23ClN2O2. The van der Waals surface area contributed by atoms with E-state index in [4.69, 9.17) is 21.1 Å². The summed E-state index contributed by atoms with van der Waals surface area (Å²) in [5.74, 6) is 1.47. The first-order valence-electron chi connectivity index (χ1n) is 7.72. The number of likely N-dealkylation sites (N-methyl/N-ethyl adjacent to an activating group) is 1. The van der Waals surface area contributed by atoms with Crippen LogP contribution in [-0.4, -0.2) is 44.3 Å². The molecule has 0 aromatic heterocycles. The first kappa shape index (κ1) is 14.9. The normalized spacial score (nSPS) is 21.6. The molecule has 2 aliphatic heterocycles. The lowest BCUT2D eigenvalue weighted by Crippen LogP contribution is -2.34. The van der Waals surface area contributed by atoms with Gasteiger partial charge in [0.2, 0.25) is 0 Å². The van der Waals surface area contributed by atoms with E-state index in [1.165, 1.54) is 18.4 Å². The van der Waals surface area contributed by atoms with Gasteiger partial charge < -0.3 is 19.7 Å². The standard InChI is InChI=1S/C16H23ClN2O2/c1-19(11-13-4-2-5-18-13)10-12-8-14(17)16-15(9-12)20-6-3-7-21-16/h8-9,13,18H,2-7,10-11H2,1H3. The van der Waals surface area contributed by atoms with E-state index < -0.39 is 0 Å². The number of fused-ring (bicyclic) bond motifs is 1. The third-order valence-electron chi connectivity index (χ3n) is 4.01. The molecule has 1 aromatic carbocycles. The van der Waals surface area contributed by atoms with E-state index in [9.17, 15) is 0 Å². The van der Waals surface area contributed by atoms with Crippen molar-refractivity contribution in [2.24, 2.45) is 0 Å². The molecule has 0 radical (unpaired) electrons. The molecule has 1 aromatic rings. The maximum Gasteiger partial charge on any atom is 0.179 e. The van der Waals surface area contributed by atoms with E-state index in [2.05, 4.69) is 23.3 Å². The summed E-state index contributed by atoms with van der Waals surface area (Å²) in [6, 6.07) is 4.67. The average molecular weight is 311 g/mol. The predicted molar refractivity (Wildman–Crippen MR) is 84.4 cm³/mol. The number of hydrogen-bond donors (Lipinski definition) is 1. The fourth-order valence-corrected chi connectivity index (χ4v) is 3.33. The highest BCUT2D eigenvalue weighted by molar-refractivity contribution is 6.32. The molecule has 4 nitrogen and oxygen atoms in total. The van der Waals surface area contributed by atoms with Crippen LogP contribution in [0.15, 0.2) is 12.1 Å². The summed E-state index contributed by atoms with van der Waals surface area (Å²) in [5, 5.41) is 4.18. The van der Waals surface area contributed by atoms with Gasteiger partial charge in [-0.15, -0.1) is 0 Å². The Balaban J connectivity index is 1.67. The molecule has 1 unspecified atom stereocenters. The van der Waals surface area contributed by atoms with Crippen LogP contribution in [0.4, 0.5) is 0 Å². The smallest absolute Gasteiger partial charge is 0.179 e. The van der Waals surface area contributed by atoms with Crippen molar-refractivity contribution >= 4 is 11.6 Å². The van der Waals surface area contributed by atoms with Gasteiger partial charge in [0, 0.05) is 25.6 Å². The minimum atomic E-state index is 0.617. The molecule has 1 fully saturated rings. The van der Waals surface area contributed by atoms with E-state index in [0.717, 1.165) is 31.8 Å². The topological polar surface area (TPSA) is 33.7 Å². The van der Waals surface area contributed by atoms with Gasteiger partial charge in [0.1, 0.15) is 0 Å². The first-order chi connectivity index (χ1) is 10.2. The highest BCUT2D eigenvalue weighted by atomic mass is 35.5. The Morgan fingerprint density at radius 1 is 1.29 bits per heavy atom. The molecule has 0 spiro atoms. The lowest BCUT2D eigenvalue weighted by molar-refractivity contribution is 0.291. The summed E-state index contributed by atoms with van der Waals surface area (Å²) < 4.78 is 11.4. The Kier molecular flexibility index (Phi) is 4.88. The SMILES string of the molecule is CN(Cc1cc(Cl)c2c(c1)OCCCO2)CC1CCCN1. The molecule has 1 saturated heterocycles. The van der Waals surface area contributed by atoms with Crippen molar-refractivity contribution in [3.63, 3.8) is 0 Å². The summed E-state index contributed by atoms with van der Waals surface area (Å²) in [4.78, 5) is 2.33. The van der Waals surface area contributed by atoms with Crippen LogP contribution in [0, 0.1) is 0 Å². The Hall–Kier alpha value is -0.970. The second-order valence-corrected chi connectivity index (χ2v) is 6.35. The van der Waals surface area contributed by atoms with Crippen molar-refractivity contribution < 1.29 is 9.47 Å². The predicted octanol–water partition coefficient (Wildman–Crippen LogP) is 2.69. The maximum atomic E-state index is 6.34. The van der Waals surface area contributed by atoms with Crippen LogP contribution < -0.4 is 14.8 Å². The molecule has 2 aliphatic rings. The first-order valence-corrected chi connectivity index (χ1v) is 8.10. The molecule has 3 rings (SSSR count). The summed E-state index contributed by atoms with van der Waals surface area (Å²) in [6.45, 7) is 4.43. The molecular weight excluding hydrogens is 288 g/mol. The van der Waals surface area contributed by atoms with Crippen molar-refractivity contribution in [3.05, 3.63) is 22.7 Å². The van der Waals surface area contributed by atoms with Crippen LogP contribution >= 0.6 is 11.6 Å². The van der Waals surface area contributed by atoms with Crippen LogP contribution in [-0.2, 0) is 6.54 Å². The van der Waals surface area contributed by atoms with Gasteiger partial charge in [-0.1, -0.05) is 11.6 Å². The number of ether oxygens (including phenoxy) is 2. The summed E-state index contributed by atoms with van der Waals surface area (Å²) >= 11 is 6.34. The van der Waals surface area contributed by atoms with Crippen LogP contribution in [0.25, 0.3) is 0 Å². The van der Waals surface area contributed by atoms with Crippen molar-refractivity contribution in [1.82, 2.24) is 10.2 Å². The van der Waals surface area contributed by atoms with Gasteiger partial charge in [-0.3, -0.25) is 0 Å². The number of benzene rings is 1. The zero-order chi connectivity index (χ0) is 14.7. The van der Waals surface area contributed by atoms with E-state index in [0.29, 0.717) is 30.0 Å². The number of nitrogens with one attached hydrogen (secondary N) is 1. The van der Waals surface area contributed by atoms with Crippen molar-refractivity contribution in [2.75, 3.05) is 33.4 Å². The molecule has 2 heterocycles. The lowest BCUT2D eigenvalue weighted by atomic mass is 10.1. The number of halogens is 1. The number of rotatable bonds is 4. The highest BCUT2D eigenvalue weighted by Gasteiger charge is 2.18. The van der Waals surface area contributed by atoms with Crippen molar-refractivity contribution in [3.8, 4) is 11.5 Å². The molecule has 1 atom stereocenters. The summed E-state index contributed by atoms with van der Waals surface area (Å²) in [5.41, 5.74) is 1.17. The summed E-state index contributed by atoms with van der Waals surface area (Å²) in [7, 11) is 2.15. The Bertz CT molecular complexity index is 489. The van der Waals surface area contributed by atoms with Gasteiger partial charge in [0.15, 0.2) is 11.5 Å². The number of nitrogens with zero attached hydrogens (tertiary/aromatic N) is 1. The van der Waals surface area contributed by atoms with Crippen molar-refractivity contribution in [1.29, 1.82) is 0 Å². The molecule has 116 valence electrons. The van der Waals surface area contributed by atoms with Gasteiger partial charge >= 0.3 is 0 Å². The Morgan fingerprint density at radius 2 is 2.14 bits per heavy atom. The fourth-order valence-electron chi connectivity index (χ4n) is 3.04. The van der Waals surface area contributed by atoms with Crippen LogP contribution in [0.2, 0.25) is 5.02 Å². The Morgan fingerprint density at radius 3 is 2.95 bits per heavy atom. The molecule has 0 aliphatic carbocycles. The van der Waals surface area contributed by atoms with Gasteiger partial charge in [-0.05, 0) is 44.1 Å². The van der Waals surface area contributed by atoms with Gasteiger partial charge in [0.05, 0.1) is 18.2 Å². The van der Waals surface area contributed by atoms with E-state index in [-0.39, 0.29) is 0 Å².